The van der Waals surface area contributed by atoms with Gasteiger partial charge in [-0.2, -0.15) is 0 Å². The predicted molar refractivity (Wildman–Crippen MR) is 205 cm³/mol. The van der Waals surface area contributed by atoms with Crippen LogP contribution < -0.4 is 0 Å². The lowest BCUT2D eigenvalue weighted by Gasteiger charge is -2.14. The van der Waals surface area contributed by atoms with Crippen molar-refractivity contribution in [3.8, 4) is 17.2 Å². The van der Waals surface area contributed by atoms with Crippen molar-refractivity contribution in [1.82, 2.24) is 14.5 Å². The summed E-state index contributed by atoms with van der Waals surface area (Å²) in [5, 5.41) is 13.5. The highest BCUT2D eigenvalue weighted by Gasteiger charge is 2.22. The number of fused-ring (bicyclic) bond motifs is 13. The van der Waals surface area contributed by atoms with Crippen LogP contribution >= 0.6 is 11.3 Å². The standard InChI is InChI=1S/C44H25N3S/c1-3-13-28-26(11-1)21-23-36-41(28)42-29-14-4-2-12-27(29)22-24-37(42)47(36)44-45-35-19-9-7-17-32(35)43(46-44)34-25-39-40(31-16-6-5-15-30(31)34)33-18-8-10-20-38(33)48-39/h1-25H. The molecule has 0 saturated carbocycles. The van der Waals surface area contributed by atoms with E-state index in [4.69, 9.17) is 9.97 Å². The Bertz CT molecular complexity index is 3040. The lowest BCUT2D eigenvalue weighted by atomic mass is 9.96. The van der Waals surface area contributed by atoms with E-state index in [1.165, 1.54) is 63.3 Å². The maximum atomic E-state index is 5.54. The van der Waals surface area contributed by atoms with Crippen molar-refractivity contribution in [3.63, 3.8) is 0 Å². The molecule has 4 heteroatoms. The Balaban J connectivity index is 1.30. The Labute approximate surface area is 278 Å². The van der Waals surface area contributed by atoms with E-state index in [-0.39, 0.29) is 0 Å². The van der Waals surface area contributed by atoms with Gasteiger partial charge in [-0.3, -0.25) is 4.57 Å². The van der Waals surface area contributed by atoms with Gasteiger partial charge in [0.15, 0.2) is 0 Å². The highest BCUT2D eigenvalue weighted by molar-refractivity contribution is 7.26. The van der Waals surface area contributed by atoms with Crippen LogP contribution in [-0.4, -0.2) is 14.5 Å². The molecular weight excluding hydrogens is 603 g/mol. The van der Waals surface area contributed by atoms with Gasteiger partial charge in [-0.05, 0) is 62.6 Å². The van der Waals surface area contributed by atoms with E-state index in [1.54, 1.807) is 0 Å². The van der Waals surface area contributed by atoms with Crippen molar-refractivity contribution < 1.29 is 0 Å². The van der Waals surface area contributed by atoms with Gasteiger partial charge in [-0.15, -0.1) is 11.3 Å². The van der Waals surface area contributed by atoms with E-state index in [0.717, 1.165) is 33.2 Å². The molecule has 0 bridgehead atoms. The van der Waals surface area contributed by atoms with Crippen LogP contribution in [-0.2, 0) is 0 Å². The summed E-state index contributed by atoms with van der Waals surface area (Å²) in [6.07, 6.45) is 0. The third-order valence-corrected chi connectivity index (χ3v) is 11.1. The van der Waals surface area contributed by atoms with Crippen molar-refractivity contribution in [2.24, 2.45) is 0 Å². The van der Waals surface area contributed by atoms with E-state index in [2.05, 4.69) is 156 Å². The molecule has 0 aliphatic carbocycles. The summed E-state index contributed by atoms with van der Waals surface area (Å²) in [5.74, 6) is 0.676. The molecular formula is C44H25N3S. The molecule has 0 fully saturated rings. The van der Waals surface area contributed by atoms with Gasteiger partial charge in [-0.25, -0.2) is 9.97 Å². The van der Waals surface area contributed by atoms with Crippen LogP contribution in [0.3, 0.4) is 0 Å². The maximum Gasteiger partial charge on any atom is 0.235 e. The fourth-order valence-electron chi connectivity index (χ4n) is 7.92. The van der Waals surface area contributed by atoms with E-state index < -0.39 is 0 Å². The molecule has 0 N–H and O–H groups in total. The van der Waals surface area contributed by atoms with Crippen LogP contribution in [0, 0.1) is 0 Å². The average Bonchev–Trinajstić information content (AvgIpc) is 3.70. The Hall–Kier alpha value is -6.10. The van der Waals surface area contributed by atoms with Gasteiger partial charge < -0.3 is 0 Å². The first-order valence-electron chi connectivity index (χ1n) is 16.3. The fourth-order valence-corrected chi connectivity index (χ4v) is 9.08. The lowest BCUT2D eigenvalue weighted by molar-refractivity contribution is 1.01. The molecule has 3 nitrogen and oxygen atoms in total. The second-order valence-corrected chi connectivity index (χ2v) is 13.6. The zero-order valence-electron chi connectivity index (χ0n) is 25.7. The monoisotopic (exact) mass is 627 g/mol. The Morgan fingerprint density at radius 1 is 0.417 bits per heavy atom. The average molecular weight is 628 g/mol. The van der Waals surface area contributed by atoms with Gasteiger partial charge >= 0.3 is 0 Å². The molecule has 0 saturated heterocycles. The van der Waals surface area contributed by atoms with Crippen LogP contribution in [0.5, 0.6) is 0 Å². The third-order valence-electron chi connectivity index (χ3n) is 9.98. The normalized spacial score (nSPS) is 12.2. The fraction of sp³-hybridized carbons (Fsp3) is 0. The third kappa shape index (κ3) is 3.52. The quantitative estimate of drug-likeness (QED) is 0.191. The second-order valence-electron chi connectivity index (χ2n) is 12.5. The number of hydrogen-bond acceptors (Lipinski definition) is 3. The molecule has 0 amide bonds. The van der Waals surface area contributed by atoms with Crippen LogP contribution in [0.4, 0.5) is 0 Å². The van der Waals surface area contributed by atoms with Gasteiger partial charge in [-0.1, -0.05) is 121 Å². The molecule has 0 aliphatic rings. The molecule has 11 aromatic rings. The molecule has 11 rings (SSSR count). The van der Waals surface area contributed by atoms with Crippen LogP contribution in [0.15, 0.2) is 152 Å². The molecule has 0 aliphatic heterocycles. The van der Waals surface area contributed by atoms with E-state index >= 15 is 0 Å². The largest absolute Gasteiger partial charge is 0.278 e. The number of benzene rings is 8. The second kappa shape index (κ2) is 9.71. The number of aromatic nitrogens is 3. The van der Waals surface area contributed by atoms with Crippen molar-refractivity contribution in [3.05, 3.63) is 152 Å². The first-order valence-corrected chi connectivity index (χ1v) is 17.1. The molecule has 0 atom stereocenters. The van der Waals surface area contributed by atoms with Gasteiger partial charge in [0.25, 0.3) is 0 Å². The number of para-hydroxylation sites is 1. The molecule has 48 heavy (non-hydrogen) atoms. The smallest absolute Gasteiger partial charge is 0.235 e. The number of rotatable bonds is 2. The number of nitrogens with zero attached hydrogens (tertiary/aromatic N) is 3. The number of thiophene rings is 1. The Morgan fingerprint density at radius 2 is 0.979 bits per heavy atom. The molecule has 222 valence electrons. The highest BCUT2D eigenvalue weighted by atomic mass is 32.1. The summed E-state index contributed by atoms with van der Waals surface area (Å²) in [6.45, 7) is 0. The van der Waals surface area contributed by atoms with Crippen molar-refractivity contribution in [1.29, 1.82) is 0 Å². The minimum atomic E-state index is 0.676. The van der Waals surface area contributed by atoms with Crippen LogP contribution in [0.2, 0.25) is 0 Å². The first kappa shape index (κ1) is 26.0. The summed E-state index contributed by atoms with van der Waals surface area (Å²) < 4.78 is 4.84. The Kier molecular flexibility index (Phi) is 5.26. The number of hydrogen-bond donors (Lipinski definition) is 0. The van der Waals surface area contributed by atoms with Crippen molar-refractivity contribution in [2.75, 3.05) is 0 Å². The lowest BCUT2D eigenvalue weighted by Crippen LogP contribution is -2.03. The van der Waals surface area contributed by atoms with Crippen molar-refractivity contribution in [2.45, 2.75) is 0 Å². The van der Waals surface area contributed by atoms with E-state index in [9.17, 15) is 0 Å². The topological polar surface area (TPSA) is 30.7 Å². The van der Waals surface area contributed by atoms with Crippen molar-refractivity contribution >= 4 is 96.5 Å². The SMILES string of the molecule is c1ccc2c(c1)ccc1c2c2c3ccccc3ccc2n1-c1nc(-c2cc3sc4ccccc4c3c3ccccc23)c2ccccc2n1. The highest BCUT2D eigenvalue weighted by Crippen LogP contribution is 2.44. The van der Waals surface area contributed by atoms with Gasteiger partial charge in [0.05, 0.1) is 22.2 Å². The zero-order chi connectivity index (χ0) is 31.3. The van der Waals surface area contributed by atoms with Gasteiger partial charge in [0.1, 0.15) is 0 Å². The Morgan fingerprint density at radius 3 is 1.69 bits per heavy atom. The predicted octanol–water partition coefficient (Wildman–Crippen LogP) is 12.2. The van der Waals surface area contributed by atoms with Crippen LogP contribution in [0.25, 0.3) is 102 Å². The first-order chi connectivity index (χ1) is 23.8. The molecule has 8 aromatic carbocycles. The summed E-state index contributed by atoms with van der Waals surface area (Å²) in [7, 11) is 0. The summed E-state index contributed by atoms with van der Waals surface area (Å²) in [4.78, 5) is 10.8. The molecule has 3 heterocycles. The zero-order valence-corrected chi connectivity index (χ0v) is 26.5. The molecule has 0 radical (unpaired) electrons. The summed E-state index contributed by atoms with van der Waals surface area (Å²) >= 11 is 1.85. The summed E-state index contributed by atoms with van der Waals surface area (Å²) in [5.41, 5.74) is 5.20. The summed E-state index contributed by atoms with van der Waals surface area (Å²) in [6, 6.07) is 54.6. The van der Waals surface area contributed by atoms with Gasteiger partial charge in [0.2, 0.25) is 5.95 Å². The minimum Gasteiger partial charge on any atom is -0.278 e. The van der Waals surface area contributed by atoms with E-state index in [0.29, 0.717) is 5.95 Å². The minimum absolute atomic E-state index is 0.676. The van der Waals surface area contributed by atoms with Gasteiger partial charge in [0, 0.05) is 41.9 Å². The maximum absolute atomic E-state index is 5.54. The molecule has 0 unspecified atom stereocenters. The molecule has 3 aromatic heterocycles. The van der Waals surface area contributed by atoms with E-state index in [1.807, 2.05) is 11.3 Å². The molecule has 0 spiro atoms. The van der Waals surface area contributed by atoms with Crippen LogP contribution in [0.1, 0.15) is 0 Å².